The van der Waals surface area contributed by atoms with E-state index >= 15 is 0 Å². The lowest BCUT2D eigenvalue weighted by Crippen LogP contribution is -2.40. The third-order valence-electron chi connectivity index (χ3n) is 2.10. The maximum atomic E-state index is 12.0. The Balaban J connectivity index is 2.78. The van der Waals surface area contributed by atoms with Gasteiger partial charge in [-0.05, 0) is 40.8 Å². The number of aliphatic hydroxyl groups is 1. The summed E-state index contributed by atoms with van der Waals surface area (Å²) in [5.74, 6) is -0.216. The molecule has 0 aliphatic carbocycles. The van der Waals surface area contributed by atoms with Crippen LogP contribution < -0.4 is 5.32 Å². The van der Waals surface area contributed by atoms with Crippen LogP contribution >= 0.6 is 38.5 Å². The molecule has 0 spiro atoms. The van der Waals surface area contributed by atoms with Crippen LogP contribution in [-0.2, 0) is 4.74 Å². The van der Waals surface area contributed by atoms with Crippen molar-refractivity contribution in [2.24, 2.45) is 0 Å². The molecular formula is C11H13BrINO3. The number of carbonyl (C=O) groups excluding carboxylic acids is 1. The van der Waals surface area contributed by atoms with Gasteiger partial charge in [-0.25, -0.2) is 0 Å². The van der Waals surface area contributed by atoms with Gasteiger partial charge in [-0.3, -0.25) is 4.79 Å². The number of ether oxygens (including phenoxy) is 1. The van der Waals surface area contributed by atoms with Gasteiger partial charge >= 0.3 is 0 Å². The molecule has 0 saturated heterocycles. The molecule has 0 saturated carbocycles. The van der Waals surface area contributed by atoms with Crippen molar-refractivity contribution in [3.63, 3.8) is 0 Å². The highest BCUT2D eigenvalue weighted by Crippen LogP contribution is 2.18. The van der Waals surface area contributed by atoms with Crippen LogP contribution in [0.1, 0.15) is 10.4 Å². The van der Waals surface area contributed by atoms with Crippen LogP contribution in [0.25, 0.3) is 0 Å². The zero-order valence-corrected chi connectivity index (χ0v) is 13.0. The van der Waals surface area contributed by atoms with Crippen molar-refractivity contribution in [1.29, 1.82) is 0 Å². The fourth-order valence-corrected chi connectivity index (χ4v) is 2.22. The summed E-state index contributed by atoms with van der Waals surface area (Å²) in [5, 5.41) is 11.8. The summed E-state index contributed by atoms with van der Waals surface area (Å²) in [7, 11) is 1.53. The Morgan fingerprint density at radius 2 is 2.35 bits per heavy atom. The molecule has 0 fully saturated rings. The first-order valence-corrected chi connectivity index (χ1v) is 6.81. The van der Waals surface area contributed by atoms with Gasteiger partial charge in [0.2, 0.25) is 0 Å². The van der Waals surface area contributed by atoms with E-state index in [1.54, 1.807) is 6.07 Å². The topological polar surface area (TPSA) is 58.6 Å². The van der Waals surface area contributed by atoms with Gasteiger partial charge in [-0.2, -0.15) is 0 Å². The van der Waals surface area contributed by atoms with Gasteiger partial charge in [0.1, 0.15) is 0 Å². The van der Waals surface area contributed by atoms with E-state index < -0.39 is 0 Å². The Morgan fingerprint density at radius 3 is 2.94 bits per heavy atom. The predicted octanol–water partition coefficient (Wildman–Crippen LogP) is 1.79. The van der Waals surface area contributed by atoms with E-state index in [1.165, 1.54) is 7.11 Å². The van der Waals surface area contributed by atoms with E-state index in [9.17, 15) is 4.79 Å². The Kier molecular flexibility index (Phi) is 6.39. The molecule has 0 aromatic heterocycles. The third-order valence-corrected chi connectivity index (χ3v) is 3.53. The minimum absolute atomic E-state index is 0.149. The van der Waals surface area contributed by atoms with E-state index in [0.717, 1.165) is 8.04 Å². The van der Waals surface area contributed by atoms with E-state index in [2.05, 4.69) is 43.8 Å². The number of amides is 1. The molecule has 6 heteroatoms. The van der Waals surface area contributed by atoms with E-state index in [0.29, 0.717) is 5.56 Å². The second-order valence-electron chi connectivity index (χ2n) is 3.43. The average molecular weight is 414 g/mol. The first-order valence-electron chi connectivity index (χ1n) is 4.94. The summed E-state index contributed by atoms with van der Waals surface area (Å²) < 4.78 is 6.60. The average Bonchev–Trinajstić information content (AvgIpc) is 2.31. The summed E-state index contributed by atoms with van der Waals surface area (Å²) in [6.07, 6.45) is 0. The SMILES string of the molecule is COCC(CO)NC(=O)c1cc(Br)ccc1I. The fourth-order valence-electron chi connectivity index (χ4n) is 1.28. The molecule has 1 aromatic carbocycles. The Bertz CT molecular complexity index is 400. The van der Waals surface area contributed by atoms with Crippen molar-refractivity contribution in [1.82, 2.24) is 5.32 Å². The molecule has 2 N–H and O–H groups in total. The van der Waals surface area contributed by atoms with E-state index in [1.807, 2.05) is 12.1 Å². The first kappa shape index (κ1) is 14.9. The van der Waals surface area contributed by atoms with Crippen LogP contribution in [0.4, 0.5) is 0 Å². The van der Waals surface area contributed by atoms with Crippen LogP contribution in [-0.4, -0.2) is 37.4 Å². The van der Waals surface area contributed by atoms with Crippen molar-refractivity contribution >= 4 is 44.4 Å². The molecule has 0 aliphatic rings. The smallest absolute Gasteiger partial charge is 0.252 e. The summed E-state index contributed by atoms with van der Waals surface area (Å²) in [6.45, 7) is 0.136. The largest absolute Gasteiger partial charge is 0.394 e. The van der Waals surface area contributed by atoms with Crippen LogP contribution in [0.15, 0.2) is 22.7 Å². The number of rotatable bonds is 5. The second kappa shape index (κ2) is 7.30. The number of nitrogens with one attached hydrogen (secondary N) is 1. The molecule has 94 valence electrons. The fraction of sp³-hybridized carbons (Fsp3) is 0.364. The van der Waals surface area contributed by atoms with Crippen molar-refractivity contribution in [3.8, 4) is 0 Å². The maximum Gasteiger partial charge on any atom is 0.252 e. The quantitative estimate of drug-likeness (QED) is 0.723. The van der Waals surface area contributed by atoms with Crippen LogP contribution in [0.5, 0.6) is 0 Å². The first-order chi connectivity index (χ1) is 8.08. The lowest BCUT2D eigenvalue weighted by Gasteiger charge is -2.15. The van der Waals surface area contributed by atoms with Gasteiger partial charge in [-0.1, -0.05) is 15.9 Å². The molecule has 4 nitrogen and oxygen atoms in total. The second-order valence-corrected chi connectivity index (χ2v) is 5.51. The Hall–Kier alpha value is -0.180. The lowest BCUT2D eigenvalue weighted by atomic mass is 10.2. The number of aliphatic hydroxyl groups excluding tert-OH is 1. The third kappa shape index (κ3) is 4.53. The highest BCUT2D eigenvalue weighted by Gasteiger charge is 2.15. The van der Waals surface area contributed by atoms with Crippen molar-refractivity contribution in [2.45, 2.75) is 6.04 Å². The molecule has 1 rings (SSSR count). The Morgan fingerprint density at radius 1 is 1.65 bits per heavy atom. The lowest BCUT2D eigenvalue weighted by molar-refractivity contribution is 0.0839. The zero-order chi connectivity index (χ0) is 12.8. The van der Waals surface area contributed by atoms with Gasteiger partial charge in [0.15, 0.2) is 0 Å². The van der Waals surface area contributed by atoms with Gasteiger partial charge in [0, 0.05) is 15.2 Å². The van der Waals surface area contributed by atoms with Crippen molar-refractivity contribution < 1.29 is 14.6 Å². The van der Waals surface area contributed by atoms with Gasteiger partial charge in [0.25, 0.3) is 5.91 Å². The Labute approximate surface area is 122 Å². The summed E-state index contributed by atoms with van der Waals surface area (Å²) >= 11 is 5.42. The highest BCUT2D eigenvalue weighted by molar-refractivity contribution is 14.1. The van der Waals surface area contributed by atoms with E-state index in [-0.39, 0.29) is 25.2 Å². The number of hydrogen-bond donors (Lipinski definition) is 2. The zero-order valence-electron chi connectivity index (χ0n) is 9.24. The summed E-state index contributed by atoms with van der Waals surface area (Å²) in [5.41, 5.74) is 0.578. The molecule has 1 amide bonds. The van der Waals surface area contributed by atoms with Gasteiger partial charge in [0.05, 0.1) is 24.8 Å². The predicted molar refractivity (Wildman–Crippen MR) is 77.1 cm³/mol. The molecule has 1 atom stereocenters. The number of methoxy groups -OCH3 is 1. The number of halogens is 2. The highest BCUT2D eigenvalue weighted by atomic mass is 127. The summed E-state index contributed by atoms with van der Waals surface area (Å²) in [4.78, 5) is 12.0. The minimum Gasteiger partial charge on any atom is -0.394 e. The van der Waals surface area contributed by atoms with Crippen LogP contribution in [0.3, 0.4) is 0 Å². The molecular weight excluding hydrogens is 401 g/mol. The van der Waals surface area contributed by atoms with Crippen LogP contribution in [0.2, 0.25) is 0 Å². The normalized spacial score (nSPS) is 12.2. The number of carbonyl (C=O) groups is 1. The number of benzene rings is 1. The maximum absolute atomic E-state index is 12.0. The van der Waals surface area contributed by atoms with Gasteiger partial charge in [-0.15, -0.1) is 0 Å². The van der Waals surface area contributed by atoms with Gasteiger partial charge < -0.3 is 15.2 Å². The molecule has 0 heterocycles. The monoisotopic (exact) mass is 413 g/mol. The molecule has 17 heavy (non-hydrogen) atoms. The molecule has 1 aromatic rings. The summed E-state index contributed by atoms with van der Waals surface area (Å²) in [6, 6.07) is 5.08. The molecule has 0 aliphatic heterocycles. The van der Waals surface area contributed by atoms with Crippen LogP contribution in [0, 0.1) is 3.57 Å². The molecule has 0 bridgehead atoms. The molecule has 1 unspecified atom stereocenters. The number of hydrogen-bond acceptors (Lipinski definition) is 3. The van der Waals surface area contributed by atoms with Crippen molar-refractivity contribution in [3.05, 3.63) is 31.8 Å². The van der Waals surface area contributed by atoms with E-state index in [4.69, 9.17) is 9.84 Å². The molecule has 0 radical (unpaired) electrons. The minimum atomic E-state index is -0.387. The van der Waals surface area contributed by atoms with Crippen molar-refractivity contribution in [2.75, 3.05) is 20.3 Å². The standard InChI is InChI=1S/C11H13BrINO3/c1-17-6-8(5-15)14-11(16)9-4-7(12)2-3-10(9)13/h2-4,8,15H,5-6H2,1H3,(H,14,16).